The molecule has 11 heavy (non-hydrogen) atoms. The van der Waals surface area contributed by atoms with Gasteiger partial charge in [0.25, 0.3) is 0 Å². The van der Waals surface area contributed by atoms with Crippen molar-refractivity contribution in [2.75, 3.05) is 0 Å². The van der Waals surface area contributed by atoms with Crippen molar-refractivity contribution in [2.45, 2.75) is 19.9 Å². The standard InChI is InChI=1S/C9H14N2/c1-4-5-7(2)9-8(3)6-10-11-9/h4-6,9-11H,1H2,2-3H3/b7-5+. The normalized spacial score (nSPS) is 24.4. The maximum absolute atomic E-state index is 3.65. The van der Waals surface area contributed by atoms with Crippen LogP contribution >= 0.6 is 0 Å². The molecule has 0 saturated carbocycles. The molecule has 0 spiro atoms. The van der Waals surface area contributed by atoms with E-state index < -0.39 is 0 Å². The molecule has 0 saturated heterocycles. The minimum atomic E-state index is 0.341. The number of hydrazine groups is 1. The molecule has 0 aromatic rings. The number of rotatable bonds is 2. The van der Waals surface area contributed by atoms with Crippen molar-refractivity contribution < 1.29 is 0 Å². The predicted molar refractivity (Wildman–Crippen MR) is 47.8 cm³/mol. The van der Waals surface area contributed by atoms with Gasteiger partial charge < -0.3 is 5.43 Å². The zero-order chi connectivity index (χ0) is 8.27. The van der Waals surface area contributed by atoms with E-state index in [1.807, 2.05) is 18.4 Å². The molecule has 0 aromatic carbocycles. The SMILES string of the molecule is C=C/C=C(\C)C1NNC=C1C. The van der Waals surface area contributed by atoms with E-state index in [9.17, 15) is 0 Å². The lowest BCUT2D eigenvalue weighted by molar-refractivity contribution is 0.626. The molecule has 1 heterocycles. The third kappa shape index (κ3) is 1.71. The van der Waals surface area contributed by atoms with E-state index >= 15 is 0 Å². The van der Waals surface area contributed by atoms with Crippen molar-refractivity contribution in [3.05, 3.63) is 36.1 Å². The second-order valence-corrected chi connectivity index (χ2v) is 2.76. The van der Waals surface area contributed by atoms with Gasteiger partial charge in [0.05, 0.1) is 6.04 Å². The van der Waals surface area contributed by atoms with Crippen LogP contribution in [0.1, 0.15) is 13.8 Å². The molecule has 2 N–H and O–H groups in total. The summed E-state index contributed by atoms with van der Waals surface area (Å²) in [6.45, 7) is 7.84. The average Bonchev–Trinajstić information content (AvgIpc) is 2.36. The van der Waals surface area contributed by atoms with Gasteiger partial charge in [-0.2, -0.15) is 0 Å². The average molecular weight is 150 g/mol. The minimum Gasteiger partial charge on any atom is -0.328 e. The van der Waals surface area contributed by atoms with E-state index in [1.165, 1.54) is 11.1 Å². The summed E-state index contributed by atoms with van der Waals surface area (Å²) >= 11 is 0. The van der Waals surface area contributed by atoms with Crippen LogP contribution in [-0.2, 0) is 0 Å². The van der Waals surface area contributed by atoms with Gasteiger partial charge >= 0.3 is 0 Å². The summed E-state index contributed by atoms with van der Waals surface area (Å²) in [5.41, 5.74) is 8.69. The molecule has 0 bridgehead atoms. The fourth-order valence-corrected chi connectivity index (χ4v) is 1.19. The Hall–Kier alpha value is -1.02. The fourth-order valence-electron chi connectivity index (χ4n) is 1.19. The van der Waals surface area contributed by atoms with Gasteiger partial charge in [-0.05, 0) is 19.4 Å². The van der Waals surface area contributed by atoms with Crippen molar-refractivity contribution in [1.82, 2.24) is 10.9 Å². The van der Waals surface area contributed by atoms with E-state index in [2.05, 4.69) is 31.3 Å². The topological polar surface area (TPSA) is 24.1 Å². The van der Waals surface area contributed by atoms with Crippen LogP contribution in [0, 0.1) is 0 Å². The number of hydrogen-bond donors (Lipinski definition) is 2. The largest absolute Gasteiger partial charge is 0.328 e. The molecular formula is C9H14N2. The second-order valence-electron chi connectivity index (χ2n) is 2.76. The van der Waals surface area contributed by atoms with Crippen molar-refractivity contribution in [2.24, 2.45) is 0 Å². The van der Waals surface area contributed by atoms with Gasteiger partial charge in [0.15, 0.2) is 0 Å². The molecule has 1 rings (SSSR count). The van der Waals surface area contributed by atoms with Crippen LogP contribution in [0.5, 0.6) is 0 Å². The number of hydrogen-bond acceptors (Lipinski definition) is 2. The van der Waals surface area contributed by atoms with Crippen molar-refractivity contribution >= 4 is 0 Å². The highest BCUT2D eigenvalue weighted by Crippen LogP contribution is 2.13. The summed E-state index contributed by atoms with van der Waals surface area (Å²) in [6, 6.07) is 0.341. The molecule has 60 valence electrons. The summed E-state index contributed by atoms with van der Waals surface area (Å²) in [7, 11) is 0. The summed E-state index contributed by atoms with van der Waals surface area (Å²) in [4.78, 5) is 0. The van der Waals surface area contributed by atoms with Gasteiger partial charge in [-0.25, -0.2) is 5.43 Å². The Kier molecular flexibility index (Phi) is 2.49. The van der Waals surface area contributed by atoms with E-state index in [1.54, 1.807) is 0 Å². The monoisotopic (exact) mass is 150 g/mol. The molecule has 0 amide bonds. The first-order valence-electron chi connectivity index (χ1n) is 3.72. The lowest BCUT2D eigenvalue weighted by Gasteiger charge is -2.11. The summed E-state index contributed by atoms with van der Waals surface area (Å²) < 4.78 is 0. The summed E-state index contributed by atoms with van der Waals surface area (Å²) in [5.74, 6) is 0. The van der Waals surface area contributed by atoms with E-state index in [-0.39, 0.29) is 0 Å². The van der Waals surface area contributed by atoms with Gasteiger partial charge in [-0.1, -0.05) is 24.3 Å². The van der Waals surface area contributed by atoms with Crippen molar-refractivity contribution in [1.29, 1.82) is 0 Å². The lowest BCUT2D eigenvalue weighted by Crippen LogP contribution is -2.32. The molecule has 1 aliphatic rings. The first-order valence-corrected chi connectivity index (χ1v) is 3.72. The van der Waals surface area contributed by atoms with Crippen LogP contribution in [-0.4, -0.2) is 6.04 Å². The van der Waals surface area contributed by atoms with Crippen LogP contribution < -0.4 is 10.9 Å². The molecule has 2 heteroatoms. The highest BCUT2D eigenvalue weighted by molar-refractivity contribution is 5.27. The fraction of sp³-hybridized carbons (Fsp3) is 0.333. The quantitative estimate of drug-likeness (QED) is 0.583. The zero-order valence-electron chi connectivity index (χ0n) is 7.02. The first-order chi connectivity index (χ1) is 5.25. The third-order valence-corrected chi connectivity index (χ3v) is 1.82. The van der Waals surface area contributed by atoms with E-state index in [0.717, 1.165) is 0 Å². The molecule has 0 aliphatic carbocycles. The second kappa shape index (κ2) is 3.39. The maximum Gasteiger partial charge on any atom is 0.0694 e. The summed E-state index contributed by atoms with van der Waals surface area (Å²) in [5, 5.41) is 0. The minimum absolute atomic E-state index is 0.341. The first kappa shape index (κ1) is 8.08. The molecule has 0 radical (unpaired) electrons. The predicted octanol–water partition coefficient (Wildman–Crippen LogP) is 1.50. The molecule has 1 aliphatic heterocycles. The van der Waals surface area contributed by atoms with Crippen LogP contribution in [0.15, 0.2) is 36.1 Å². The Morgan fingerprint density at radius 1 is 1.73 bits per heavy atom. The molecule has 2 nitrogen and oxygen atoms in total. The molecule has 1 atom stereocenters. The zero-order valence-corrected chi connectivity index (χ0v) is 7.02. The summed E-state index contributed by atoms with van der Waals surface area (Å²) in [6.07, 6.45) is 5.80. The van der Waals surface area contributed by atoms with Gasteiger partial charge in [0, 0.05) is 6.20 Å². The van der Waals surface area contributed by atoms with Gasteiger partial charge in [-0.3, -0.25) is 0 Å². The Morgan fingerprint density at radius 2 is 2.45 bits per heavy atom. The molecule has 0 fully saturated rings. The maximum atomic E-state index is 3.65. The Bertz CT molecular complexity index is 214. The third-order valence-electron chi connectivity index (χ3n) is 1.82. The molecule has 0 aromatic heterocycles. The van der Waals surface area contributed by atoms with E-state index in [0.29, 0.717) is 6.04 Å². The van der Waals surface area contributed by atoms with Crippen LogP contribution in [0.25, 0.3) is 0 Å². The van der Waals surface area contributed by atoms with Gasteiger partial charge in [0.1, 0.15) is 0 Å². The molecule has 1 unspecified atom stereocenters. The van der Waals surface area contributed by atoms with Crippen molar-refractivity contribution in [3.8, 4) is 0 Å². The van der Waals surface area contributed by atoms with Gasteiger partial charge in [-0.15, -0.1) is 0 Å². The van der Waals surface area contributed by atoms with E-state index in [4.69, 9.17) is 0 Å². The number of nitrogens with one attached hydrogen (secondary N) is 2. The Labute approximate surface area is 67.7 Å². The van der Waals surface area contributed by atoms with Crippen LogP contribution in [0.3, 0.4) is 0 Å². The Morgan fingerprint density at radius 3 is 2.91 bits per heavy atom. The van der Waals surface area contributed by atoms with Gasteiger partial charge in [0.2, 0.25) is 0 Å². The molecular weight excluding hydrogens is 136 g/mol. The van der Waals surface area contributed by atoms with Crippen LogP contribution in [0.4, 0.5) is 0 Å². The highest BCUT2D eigenvalue weighted by Gasteiger charge is 2.15. The lowest BCUT2D eigenvalue weighted by atomic mass is 10.0. The highest BCUT2D eigenvalue weighted by atomic mass is 15.4. The van der Waals surface area contributed by atoms with Crippen molar-refractivity contribution in [3.63, 3.8) is 0 Å². The number of allylic oxidation sites excluding steroid dienone is 2. The van der Waals surface area contributed by atoms with Crippen LogP contribution in [0.2, 0.25) is 0 Å². The Balaban J connectivity index is 2.68. The smallest absolute Gasteiger partial charge is 0.0694 e.